The highest BCUT2D eigenvalue weighted by Crippen LogP contribution is 2.32. The molecule has 2 atom stereocenters. The second-order valence-corrected chi connectivity index (χ2v) is 8.38. The largest absolute Gasteiger partial charge is 0.416 e. The van der Waals surface area contributed by atoms with E-state index in [9.17, 15) is 0 Å². The van der Waals surface area contributed by atoms with Crippen molar-refractivity contribution in [2.45, 2.75) is 38.6 Å². The summed E-state index contributed by atoms with van der Waals surface area (Å²) in [7, 11) is 0. The Hall–Kier alpha value is -3.66. The lowest BCUT2D eigenvalue weighted by atomic mass is 9.92. The minimum atomic E-state index is 0.442. The molecule has 0 fully saturated rings. The average Bonchev–Trinajstić information content (AvgIpc) is 3.51. The van der Waals surface area contributed by atoms with E-state index in [1.54, 1.807) is 0 Å². The van der Waals surface area contributed by atoms with Gasteiger partial charge in [-0.2, -0.15) is 0 Å². The van der Waals surface area contributed by atoms with Crippen molar-refractivity contribution in [2.75, 3.05) is 0 Å². The number of rotatable bonds is 7. The first-order chi connectivity index (χ1) is 15.7. The smallest absolute Gasteiger partial charge is 0.248 e. The van der Waals surface area contributed by atoms with Crippen LogP contribution in [0.3, 0.4) is 0 Å². The zero-order valence-corrected chi connectivity index (χ0v) is 18.5. The van der Waals surface area contributed by atoms with E-state index in [0.717, 1.165) is 24.0 Å². The second kappa shape index (κ2) is 8.83. The Morgan fingerprint density at radius 1 is 0.781 bits per heavy atom. The van der Waals surface area contributed by atoms with Gasteiger partial charge in [0.25, 0.3) is 0 Å². The summed E-state index contributed by atoms with van der Waals surface area (Å²) in [5.74, 6) is 1.54. The lowest BCUT2D eigenvalue weighted by Gasteiger charge is -2.23. The van der Waals surface area contributed by atoms with E-state index in [1.165, 1.54) is 16.5 Å². The van der Waals surface area contributed by atoms with Gasteiger partial charge in [-0.05, 0) is 66.1 Å². The topological polar surface area (TPSA) is 43.9 Å². The number of hydrogen-bond acceptors (Lipinski definition) is 3. The Bertz CT molecular complexity index is 1300. The fourth-order valence-corrected chi connectivity index (χ4v) is 4.44. The van der Waals surface area contributed by atoms with Crippen LogP contribution in [0.5, 0.6) is 0 Å². The van der Waals surface area contributed by atoms with Crippen LogP contribution in [0.15, 0.2) is 95.5 Å². The van der Waals surface area contributed by atoms with Gasteiger partial charge >= 0.3 is 0 Å². The maximum Gasteiger partial charge on any atom is 0.248 e. The van der Waals surface area contributed by atoms with Gasteiger partial charge in [0.1, 0.15) is 0 Å². The Morgan fingerprint density at radius 2 is 1.44 bits per heavy atom. The first-order valence-corrected chi connectivity index (χ1v) is 11.3. The normalized spacial score (nSPS) is 13.3. The summed E-state index contributed by atoms with van der Waals surface area (Å²) in [6.07, 6.45) is 4.42. The summed E-state index contributed by atoms with van der Waals surface area (Å²) >= 11 is 0. The van der Waals surface area contributed by atoms with Crippen LogP contribution in [0.4, 0.5) is 0 Å². The number of para-hydroxylation sites is 1. The van der Waals surface area contributed by atoms with Crippen molar-refractivity contribution in [1.29, 1.82) is 0 Å². The monoisotopic (exact) mass is 421 g/mol. The van der Waals surface area contributed by atoms with Crippen molar-refractivity contribution in [3.8, 4) is 22.9 Å². The first kappa shape index (κ1) is 20.3. The molecule has 5 rings (SSSR count). The molecule has 0 saturated carbocycles. The van der Waals surface area contributed by atoms with Gasteiger partial charge in [-0.15, -0.1) is 10.2 Å². The van der Waals surface area contributed by atoms with E-state index in [2.05, 4.69) is 89.4 Å². The molecule has 0 aliphatic heterocycles. The van der Waals surface area contributed by atoms with Crippen LogP contribution < -0.4 is 0 Å². The highest BCUT2D eigenvalue weighted by atomic mass is 16.4. The molecule has 32 heavy (non-hydrogen) atoms. The van der Waals surface area contributed by atoms with E-state index in [0.29, 0.717) is 23.7 Å². The molecule has 2 heterocycles. The molecular formula is C28H27N3O. The second-order valence-electron chi connectivity index (χ2n) is 8.38. The highest BCUT2D eigenvalue weighted by molar-refractivity contribution is 5.80. The summed E-state index contributed by atoms with van der Waals surface area (Å²) in [5, 5.41) is 9.75. The summed E-state index contributed by atoms with van der Waals surface area (Å²) in [6.45, 7) is 4.58. The van der Waals surface area contributed by atoms with Crippen LogP contribution >= 0.6 is 0 Å². The van der Waals surface area contributed by atoms with Crippen LogP contribution in [0.2, 0.25) is 0 Å². The molecule has 0 aliphatic carbocycles. The van der Waals surface area contributed by atoms with Gasteiger partial charge in [0.05, 0.1) is 0 Å². The highest BCUT2D eigenvalue weighted by Gasteiger charge is 2.17. The molecule has 0 aliphatic rings. The molecule has 0 N–H and O–H groups in total. The van der Waals surface area contributed by atoms with Gasteiger partial charge in [-0.25, -0.2) is 0 Å². The molecular weight excluding hydrogens is 394 g/mol. The minimum absolute atomic E-state index is 0.442. The molecule has 0 spiro atoms. The molecule has 4 heteroatoms. The summed E-state index contributed by atoms with van der Waals surface area (Å²) in [4.78, 5) is 0. The zero-order chi connectivity index (χ0) is 21.9. The molecule has 2 aromatic heterocycles. The average molecular weight is 422 g/mol. The molecule has 160 valence electrons. The van der Waals surface area contributed by atoms with Crippen LogP contribution in [0, 0.1) is 0 Å². The maximum absolute atomic E-state index is 5.90. The van der Waals surface area contributed by atoms with E-state index >= 15 is 0 Å². The number of nitrogens with zero attached hydrogens (tertiary/aromatic N) is 3. The number of fused-ring (bicyclic) bond motifs is 1. The third-order valence-electron chi connectivity index (χ3n) is 6.29. The van der Waals surface area contributed by atoms with Gasteiger partial charge in [0.2, 0.25) is 11.8 Å². The van der Waals surface area contributed by atoms with Crippen molar-refractivity contribution in [2.24, 2.45) is 0 Å². The SMILES string of the molecule is CCC(CC(C)c1ccc(-c2nnc(-c3ccccc3)o2)cc1)n1ccc2ccccc21. The molecule has 5 aromatic rings. The lowest BCUT2D eigenvalue weighted by Crippen LogP contribution is -2.10. The Kier molecular flexibility index (Phi) is 5.59. The lowest BCUT2D eigenvalue weighted by molar-refractivity contribution is 0.432. The number of aromatic nitrogens is 3. The van der Waals surface area contributed by atoms with Crippen molar-refractivity contribution in [3.05, 3.63) is 96.7 Å². The quantitative estimate of drug-likeness (QED) is 0.273. The minimum Gasteiger partial charge on any atom is -0.416 e. The number of benzene rings is 3. The third kappa shape index (κ3) is 3.96. The van der Waals surface area contributed by atoms with E-state index < -0.39 is 0 Å². The van der Waals surface area contributed by atoms with Crippen molar-refractivity contribution < 1.29 is 4.42 Å². The molecule has 0 radical (unpaired) electrons. The van der Waals surface area contributed by atoms with E-state index in [-0.39, 0.29) is 0 Å². The summed E-state index contributed by atoms with van der Waals surface area (Å²) in [5.41, 5.74) is 4.51. The van der Waals surface area contributed by atoms with Crippen LogP contribution in [-0.2, 0) is 0 Å². The predicted molar refractivity (Wildman–Crippen MR) is 129 cm³/mol. The van der Waals surface area contributed by atoms with Gasteiger partial charge < -0.3 is 8.98 Å². The van der Waals surface area contributed by atoms with Crippen LogP contribution in [0.25, 0.3) is 33.8 Å². The van der Waals surface area contributed by atoms with E-state index in [4.69, 9.17) is 4.42 Å². The summed E-state index contributed by atoms with van der Waals surface area (Å²) in [6, 6.07) is 29.7. The molecule has 0 saturated heterocycles. The Balaban J connectivity index is 1.32. The van der Waals surface area contributed by atoms with E-state index in [1.807, 2.05) is 30.3 Å². The number of hydrogen-bond donors (Lipinski definition) is 0. The Morgan fingerprint density at radius 3 is 2.16 bits per heavy atom. The first-order valence-electron chi connectivity index (χ1n) is 11.3. The van der Waals surface area contributed by atoms with Crippen molar-refractivity contribution in [3.63, 3.8) is 0 Å². The third-order valence-corrected chi connectivity index (χ3v) is 6.29. The van der Waals surface area contributed by atoms with Gasteiger partial charge in [0.15, 0.2) is 0 Å². The Labute approximate surface area is 188 Å². The van der Waals surface area contributed by atoms with Gasteiger partial charge in [0, 0.05) is 28.9 Å². The maximum atomic E-state index is 5.90. The fraction of sp³-hybridized carbons (Fsp3) is 0.214. The summed E-state index contributed by atoms with van der Waals surface area (Å²) < 4.78 is 8.34. The zero-order valence-electron chi connectivity index (χ0n) is 18.5. The standard InChI is InChI=1S/C28H27N3O/c1-3-25(31-18-17-22-9-7-8-12-26(22)31)19-20(2)21-13-15-24(16-14-21)28-30-29-27(32-28)23-10-5-4-6-11-23/h4-18,20,25H,3,19H2,1-2H3. The van der Waals surface area contributed by atoms with Crippen LogP contribution in [0.1, 0.15) is 44.2 Å². The fourth-order valence-electron chi connectivity index (χ4n) is 4.44. The molecule has 0 bridgehead atoms. The molecule has 3 aromatic carbocycles. The molecule has 0 amide bonds. The molecule has 4 nitrogen and oxygen atoms in total. The van der Waals surface area contributed by atoms with Gasteiger partial charge in [-0.3, -0.25) is 0 Å². The van der Waals surface area contributed by atoms with Crippen LogP contribution in [-0.4, -0.2) is 14.8 Å². The predicted octanol–water partition coefficient (Wildman–Crippen LogP) is 7.50. The van der Waals surface area contributed by atoms with Crippen molar-refractivity contribution in [1.82, 2.24) is 14.8 Å². The van der Waals surface area contributed by atoms with Crippen molar-refractivity contribution >= 4 is 10.9 Å². The molecule has 2 unspecified atom stereocenters. The van der Waals surface area contributed by atoms with Gasteiger partial charge in [-0.1, -0.05) is 62.4 Å².